The van der Waals surface area contributed by atoms with E-state index in [1.54, 1.807) is 0 Å². The van der Waals surface area contributed by atoms with Crippen LogP contribution in [0.4, 0.5) is 0 Å². The van der Waals surface area contributed by atoms with Gasteiger partial charge in [0.25, 0.3) is 0 Å². The van der Waals surface area contributed by atoms with E-state index in [2.05, 4.69) is 6.92 Å². The van der Waals surface area contributed by atoms with Crippen LogP contribution in [-0.4, -0.2) is 31.5 Å². The molecule has 0 spiro atoms. The quantitative estimate of drug-likeness (QED) is 0.424. The standard InChI is InChI=1S/C19H30Cl2O3/c1-2-3-4-5-6-7-8-9-17-18(20)14-16(15-19(17)21)24-13-12-23-11-10-22/h14-15,22H,2-13H2,1H3. The third-order valence-corrected chi connectivity index (χ3v) is 4.55. The van der Waals surface area contributed by atoms with E-state index in [1.165, 1.54) is 38.5 Å². The van der Waals surface area contributed by atoms with E-state index in [4.69, 9.17) is 37.8 Å². The van der Waals surface area contributed by atoms with Gasteiger partial charge in [-0.2, -0.15) is 0 Å². The highest BCUT2D eigenvalue weighted by atomic mass is 35.5. The predicted octanol–water partition coefficient (Wildman–Crippen LogP) is 5.67. The molecule has 3 nitrogen and oxygen atoms in total. The van der Waals surface area contributed by atoms with Crippen LogP contribution >= 0.6 is 23.2 Å². The molecule has 0 unspecified atom stereocenters. The Balaban J connectivity index is 2.33. The smallest absolute Gasteiger partial charge is 0.122 e. The third kappa shape index (κ3) is 9.12. The highest BCUT2D eigenvalue weighted by Gasteiger charge is 2.09. The maximum atomic E-state index is 8.63. The Morgan fingerprint density at radius 2 is 1.50 bits per heavy atom. The molecule has 0 aromatic heterocycles. The van der Waals surface area contributed by atoms with Crippen LogP contribution in [0.25, 0.3) is 0 Å². The minimum Gasteiger partial charge on any atom is -0.491 e. The number of hydrogen-bond donors (Lipinski definition) is 1. The fraction of sp³-hybridized carbons (Fsp3) is 0.684. The minimum absolute atomic E-state index is 0.0188. The van der Waals surface area contributed by atoms with Crippen LogP contribution in [0, 0.1) is 0 Å². The monoisotopic (exact) mass is 376 g/mol. The summed E-state index contributed by atoms with van der Waals surface area (Å²) in [6.45, 7) is 3.41. The number of unbranched alkanes of at least 4 members (excludes halogenated alkanes) is 6. The first-order valence-electron chi connectivity index (χ1n) is 8.98. The second kappa shape index (κ2) is 13.8. The zero-order valence-electron chi connectivity index (χ0n) is 14.7. The molecule has 5 heteroatoms. The number of rotatable bonds is 14. The van der Waals surface area contributed by atoms with Crippen molar-refractivity contribution in [1.29, 1.82) is 0 Å². The van der Waals surface area contributed by atoms with E-state index < -0.39 is 0 Å². The van der Waals surface area contributed by atoms with Crippen LogP contribution in [0.2, 0.25) is 10.0 Å². The highest BCUT2D eigenvalue weighted by Crippen LogP contribution is 2.31. The van der Waals surface area contributed by atoms with Crippen LogP contribution in [0.15, 0.2) is 12.1 Å². The van der Waals surface area contributed by atoms with Crippen molar-refractivity contribution in [2.24, 2.45) is 0 Å². The molecule has 0 bridgehead atoms. The fourth-order valence-electron chi connectivity index (χ4n) is 2.55. The fourth-order valence-corrected chi connectivity index (χ4v) is 3.20. The second-order valence-electron chi connectivity index (χ2n) is 5.92. The van der Waals surface area contributed by atoms with Gasteiger partial charge in [-0.3, -0.25) is 0 Å². The van der Waals surface area contributed by atoms with Crippen molar-refractivity contribution < 1.29 is 14.6 Å². The molecule has 1 rings (SSSR count). The molecule has 0 fully saturated rings. The van der Waals surface area contributed by atoms with Crippen molar-refractivity contribution in [2.75, 3.05) is 26.4 Å². The number of hydrogen-bond acceptors (Lipinski definition) is 3. The van der Waals surface area contributed by atoms with Crippen molar-refractivity contribution in [2.45, 2.75) is 58.3 Å². The van der Waals surface area contributed by atoms with Crippen LogP contribution < -0.4 is 4.74 Å². The third-order valence-electron chi connectivity index (χ3n) is 3.88. The van der Waals surface area contributed by atoms with Crippen molar-refractivity contribution in [3.8, 4) is 5.75 Å². The number of ether oxygens (including phenoxy) is 2. The number of benzene rings is 1. The van der Waals surface area contributed by atoms with E-state index in [1.807, 2.05) is 12.1 Å². The van der Waals surface area contributed by atoms with Crippen LogP contribution in [0.3, 0.4) is 0 Å². The zero-order chi connectivity index (χ0) is 17.6. The zero-order valence-corrected chi connectivity index (χ0v) is 16.2. The van der Waals surface area contributed by atoms with E-state index in [0.29, 0.717) is 35.6 Å². The normalized spacial score (nSPS) is 11.0. The van der Waals surface area contributed by atoms with Crippen LogP contribution in [0.1, 0.15) is 57.4 Å². The molecular formula is C19H30Cl2O3. The molecule has 0 saturated heterocycles. The molecule has 0 aliphatic rings. The second-order valence-corrected chi connectivity index (χ2v) is 6.74. The molecule has 0 aliphatic heterocycles. The number of aliphatic hydroxyl groups is 1. The predicted molar refractivity (Wildman–Crippen MR) is 102 cm³/mol. The summed E-state index contributed by atoms with van der Waals surface area (Å²) in [5.74, 6) is 0.654. The van der Waals surface area contributed by atoms with Gasteiger partial charge in [0.05, 0.1) is 19.8 Å². The van der Waals surface area contributed by atoms with Gasteiger partial charge in [0.2, 0.25) is 0 Å². The molecule has 1 aromatic rings. The molecule has 1 N–H and O–H groups in total. The molecule has 1 aromatic carbocycles. The van der Waals surface area contributed by atoms with Gasteiger partial charge in [-0.1, -0.05) is 68.7 Å². The van der Waals surface area contributed by atoms with Crippen LogP contribution in [-0.2, 0) is 11.2 Å². The lowest BCUT2D eigenvalue weighted by Crippen LogP contribution is -2.09. The van der Waals surface area contributed by atoms with Crippen molar-refractivity contribution in [3.63, 3.8) is 0 Å². The maximum Gasteiger partial charge on any atom is 0.122 e. The maximum absolute atomic E-state index is 8.63. The Hall–Kier alpha value is -0.480. The Morgan fingerprint density at radius 1 is 0.875 bits per heavy atom. The Morgan fingerprint density at radius 3 is 2.12 bits per heavy atom. The molecular weight excluding hydrogens is 347 g/mol. The van der Waals surface area contributed by atoms with Gasteiger partial charge >= 0.3 is 0 Å². The van der Waals surface area contributed by atoms with Crippen LogP contribution in [0.5, 0.6) is 5.75 Å². The van der Waals surface area contributed by atoms with Gasteiger partial charge in [-0.05, 0) is 30.5 Å². The lowest BCUT2D eigenvalue weighted by molar-refractivity contribution is 0.0705. The first-order valence-corrected chi connectivity index (χ1v) is 9.74. The number of halogens is 2. The molecule has 138 valence electrons. The van der Waals surface area contributed by atoms with Gasteiger partial charge in [0, 0.05) is 10.0 Å². The van der Waals surface area contributed by atoms with E-state index >= 15 is 0 Å². The van der Waals surface area contributed by atoms with Gasteiger partial charge in [-0.25, -0.2) is 0 Å². The Bertz CT molecular complexity index is 429. The molecule has 0 atom stereocenters. The lowest BCUT2D eigenvalue weighted by atomic mass is 10.0. The average Bonchev–Trinajstić information content (AvgIpc) is 2.56. The summed E-state index contributed by atoms with van der Waals surface area (Å²) in [5.41, 5.74) is 1.01. The summed E-state index contributed by atoms with van der Waals surface area (Å²) in [5, 5.41) is 9.96. The van der Waals surface area contributed by atoms with E-state index in [9.17, 15) is 0 Å². The van der Waals surface area contributed by atoms with Gasteiger partial charge in [0.1, 0.15) is 12.4 Å². The summed E-state index contributed by atoms with van der Waals surface area (Å²) in [7, 11) is 0. The van der Waals surface area contributed by atoms with E-state index in [-0.39, 0.29) is 6.61 Å². The average molecular weight is 377 g/mol. The Kier molecular flexibility index (Phi) is 12.4. The summed E-state index contributed by atoms with van der Waals surface area (Å²) in [6, 6.07) is 3.63. The van der Waals surface area contributed by atoms with Gasteiger partial charge in [-0.15, -0.1) is 0 Å². The van der Waals surface area contributed by atoms with E-state index in [0.717, 1.165) is 18.4 Å². The van der Waals surface area contributed by atoms with Crippen molar-refractivity contribution in [1.82, 2.24) is 0 Å². The molecule has 0 heterocycles. The summed E-state index contributed by atoms with van der Waals surface area (Å²) in [6.07, 6.45) is 9.80. The van der Waals surface area contributed by atoms with Gasteiger partial charge < -0.3 is 14.6 Å². The van der Waals surface area contributed by atoms with Crippen molar-refractivity contribution >= 4 is 23.2 Å². The Labute approximate surface area is 156 Å². The highest BCUT2D eigenvalue weighted by molar-refractivity contribution is 6.36. The summed E-state index contributed by atoms with van der Waals surface area (Å²) in [4.78, 5) is 0. The SMILES string of the molecule is CCCCCCCCCc1c(Cl)cc(OCCOCCO)cc1Cl. The topological polar surface area (TPSA) is 38.7 Å². The lowest BCUT2D eigenvalue weighted by Gasteiger charge is -2.11. The minimum atomic E-state index is 0.0188. The summed E-state index contributed by atoms with van der Waals surface area (Å²) < 4.78 is 10.7. The molecule has 0 amide bonds. The molecule has 0 aliphatic carbocycles. The van der Waals surface area contributed by atoms with Gasteiger partial charge in [0.15, 0.2) is 0 Å². The molecule has 0 radical (unpaired) electrons. The van der Waals surface area contributed by atoms with Crippen molar-refractivity contribution in [3.05, 3.63) is 27.7 Å². The summed E-state index contributed by atoms with van der Waals surface area (Å²) >= 11 is 12.7. The number of aliphatic hydroxyl groups excluding tert-OH is 1. The molecule has 0 saturated carbocycles. The molecule has 24 heavy (non-hydrogen) atoms. The first-order chi connectivity index (χ1) is 11.7. The largest absolute Gasteiger partial charge is 0.491 e. The first kappa shape index (κ1) is 21.6.